The Kier molecular flexibility index (Phi) is 3.04. The van der Waals surface area contributed by atoms with E-state index in [1.807, 2.05) is 33.8 Å². The first-order valence-corrected chi connectivity index (χ1v) is 4.93. The van der Waals surface area contributed by atoms with Crippen LogP contribution in [0.15, 0.2) is 11.6 Å². The maximum Gasteiger partial charge on any atom is 0.411 e. The van der Waals surface area contributed by atoms with Gasteiger partial charge in [-0.2, -0.15) is 5.26 Å². The largest absolute Gasteiger partial charge is 0.444 e. The van der Waals surface area contributed by atoms with Crippen LogP contribution in [0.3, 0.4) is 0 Å². The fourth-order valence-corrected chi connectivity index (χ4v) is 1.35. The number of amides is 1. The Bertz CT molecular complexity index is 333. The number of ether oxygens (including phenoxy) is 1. The van der Waals surface area contributed by atoms with Gasteiger partial charge in [0.1, 0.15) is 5.60 Å². The van der Waals surface area contributed by atoms with Crippen LogP contribution in [0, 0.1) is 11.3 Å². The summed E-state index contributed by atoms with van der Waals surface area (Å²) in [7, 11) is 0. The molecule has 1 aliphatic rings. The van der Waals surface area contributed by atoms with Gasteiger partial charge in [-0.1, -0.05) is 0 Å². The second kappa shape index (κ2) is 3.93. The first kappa shape index (κ1) is 11.6. The van der Waals surface area contributed by atoms with Gasteiger partial charge < -0.3 is 4.74 Å². The summed E-state index contributed by atoms with van der Waals surface area (Å²) >= 11 is 0. The van der Waals surface area contributed by atoms with Gasteiger partial charge in [-0.15, -0.1) is 0 Å². The van der Waals surface area contributed by atoms with Crippen molar-refractivity contribution in [3.05, 3.63) is 11.6 Å². The molecule has 0 aromatic carbocycles. The highest BCUT2D eigenvalue weighted by Gasteiger charge is 2.36. The SMILES string of the molecule is C[C@H]1/C(=C\C#N)CN1C(=O)OC(C)(C)C. The fourth-order valence-electron chi connectivity index (χ4n) is 1.35. The lowest BCUT2D eigenvalue weighted by Crippen LogP contribution is -2.53. The van der Waals surface area contributed by atoms with E-state index in [2.05, 4.69) is 0 Å². The molecule has 0 aromatic rings. The van der Waals surface area contributed by atoms with E-state index in [-0.39, 0.29) is 12.1 Å². The molecule has 4 nitrogen and oxygen atoms in total. The number of nitriles is 1. The summed E-state index contributed by atoms with van der Waals surface area (Å²) in [6.07, 6.45) is 1.18. The molecule has 0 N–H and O–H groups in total. The van der Waals surface area contributed by atoms with Crippen molar-refractivity contribution in [1.82, 2.24) is 4.90 Å². The zero-order valence-electron chi connectivity index (χ0n) is 9.57. The number of nitrogens with zero attached hydrogens (tertiary/aromatic N) is 2. The maximum absolute atomic E-state index is 11.6. The predicted molar refractivity (Wildman–Crippen MR) is 56.1 cm³/mol. The smallest absolute Gasteiger partial charge is 0.411 e. The van der Waals surface area contributed by atoms with E-state index < -0.39 is 5.60 Å². The topological polar surface area (TPSA) is 53.3 Å². The Morgan fingerprint density at radius 1 is 1.67 bits per heavy atom. The molecule has 1 rings (SSSR count). The first-order chi connectivity index (χ1) is 6.85. The van der Waals surface area contributed by atoms with Crippen molar-refractivity contribution in [1.29, 1.82) is 5.26 Å². The van der Waals surface area contributed by atoms with Crippen molar-refractivity contribution in [3.63, 3.8) is 0 Å². The van der Waals surface area contributed by atoms with Crippen LogP contribution in [0.5, 0.6) is 0 Å². The van der Waals surface area contributed by atoms with E-state index >= 15 is 0 Å². The van der Waals surface area contributed by atoms with Crippen molar-refractivity contribution in [2.24, 2.45) is 0 Å². The molecule has 15 heavy (non-hydrogen) atoms. The Hall–Kier alpha value is -1.50. The number of likely N-dealkylation sites (tertiary alicyclic amines) is 1. The van der Waals surface area contributed by atoms with Gasteiger partial charge in [-0.25, -0.2) is 4.79 Å². The van der Waals surface area contributed by atoms with Gasteiger partial charge >= 0.3 is 6.09 Å². The molecular formula is C11H16N2O2. The van der Waals surface area contributed by atoms with Crippen LogP contribution in [-0.4, -0.2) is 29.2 Å². The fraction of sp³-hybridized carbons (Fsp3) is 0.636. The molecule has 0 saturated carbocycles. The summed E-state index contributed by atoms with van der Waals surface area (Å²) in [6, 6.07) is 1.95. The van der Waals surface area contributed by atoms with Crippen molar-refractivity contribution < 1.29 is 9.53 Å². The van der Waals surface area contributed by atoms with Crippen LogP contribution in [0.25, 0.3) is 0 Å². The molecule has 0 radical (unpaired) electrons. The summed E-state index contributed by atoms with van der Waals surface area (Å²) in [5.41, 5.74) is 0.509. The molecule has 82 valence electrons. The highest BCUT2D eigenvalue weighted by atomic mass is 16.6. The summed E-state index contributed by atoms with van der Waals surface area (Å²) in [4.78, 5) is 13.2. The summed E-state index contributed by atoms with van der Waals surface area (Å²) in [5.74, 6) is 0. The van der Waals surface area contributed by atoms with Gasteiger partial charge in [0.05, 0.1) is 12.1 Å². The van der Waals surface area contributed by atoms with Gasteiger partial charge in [-0.05, 0) is 33.3 Å². The number of carbonyl (C=O) groups is 1. The second-order valence-corrected chi connectivity index (χ2v) is 4.63. The number of hydrogen-bond acceptors (Lipinski definition) is 3. The summed E-state index contributed by atoms with van der Waals surface area (Å²) < 4.78 is 5.22. The minimum Gasteiger partial charge on any atom is -0.444 e. The van der Waals surface area contributed by atoms with Crippen molar-refractivity contribution in [2.75, 3.05) is 6.54 Å². The highest BCUT2D eigenvalue weighted by molar-refractivity contribution is 5.71. The standard InChI is InChI=1S/C11H16N2O2/c1-8-9(5-6-12)7-13(8)10(14)15-11(2,3)4/h5,8H,7H2,1-4H3/b9-5-/t8-/m0/s1. The second-order valence-electron chi connectivity index (χ2n) is 4.63. The van der Waals surface area contributed by atoms with Crippen molar-refractivity contribution in [3.8, 4) is 6.07 Å². The molecule has 1 fully saturated rings. The number of allylic oxidation sites excluding steroid dienone is 1. The molecule has 1 heterocycles. The minimum absolute atomic E-state index is 0.0144. The quantitative estimate of drug-likeness (QED) is 0.573. The normalized spacial score (nSPS) is 23.3. The van der Waals surface area contributed by atoms with Crippen LogP contribution in [-0.2, 0) is 4.74 Å². The molecule has 4 heteroatoms. The minimum atomic E-state index is -0.467. The lowest BCUT2D eigenvalue weighted by molar-refractivity contribution is 0.0119. The molecule has 0 bridgehead atoms. The van der Waals surface area contributed by atoms with E-state index in [0.29, 0.717) is 6.54 Å². The predicted octanol–water partition coefficient (Wildman–Crippen LogP) is 2.08. The van der Waals surface area contributed by atoms with Gasteiger partial charge in [-0.3, -0.25) is 4.90 Å². The third-order valence-corrected chi connectivity index (χ3v) is 2.23. The average molecular weight is 208 g/mol. The van der Waals surface area contributed by atoms with Crippen LogP contribution in [0.2, 0.25) is 0 Å². The van der Waals surface area contributed by atoms with E-state index in [0.717, 1.165) is 5.57 Å². The third-order valence-electron chi connectivity index (χ3n) is 2.23. The molecule has 0 spiro atoms. The highest BCUT2D eigenvalue weighted by Crippen LogP contribution is 2.25. The van der Waals surface area contributed by atoms with Gasteiger partial charge in [0.15, 0.2) is 0 Å². The maximum atomic E-state index is 11.6. The molecule has 1 aliphatic heterocycles. The van der Waals surface area contributed by atoms with E-state index in [9.17, 15) is 4.79 Å². The Balaban J connectivity index is 2.54. The number of rotatable bonds is 0. The molecule has 1 amide bonds. The Morgan fingerprint density at radius 3 is 2.67 bits per heavy atom. The number of carbonyl (C=O) groups excluding carboxylic acids is 1. The molecule has 0 aromatic heterocycles. The molecule has 0 aliphatic carbocycles. The van der Waals surface area contributed by atoms with Gasteiger partial charge in [0.2, 0.25) is 0 Å². The van der Waals surface area contributed by atoms with E-state index in [1.54, 1.807) is 4.90 Å². The van der Waals surface area contributed by atoms with Crippen LogP contribution in [0.1, 0.15) is 27.7 Å². The van der Waals surface area contributed by atoms with Crippen molar-refractivity contribution in [2.45, 2.75) is 39.3 Å². The zero-order chi connectivity index (χ0) is 11.6. The molecule has 0 unspecified atom stereocenters. The molecule has 1 atom stereocenters. The van der Waals surface area contributed by atoms with Gasteiger partial charge in [0, 0.05) is 12.6 Å². The summed E-state index contributed by atoms with van der Waals surface area (Å²) in [5, 5.41) is 8.47. The first-order valence-electron chi connectivity index (χ1n) is 4.93. The van der Waals surface area contributed by atoms with Crippen LogP contribution >= 0.6 is 0 Å². The average Bonchev–Trinajstić information content (AvgIpc) is 2.07. The monoisotopic (exact) mass is 208 g/mol. The van der Waals surface area contributed by atoms with Gasteiger partial charge in [0.25, 0.3) is 0 Å². The van der Waals surface area contributed by atoms with Crippen LogP contribution < -0.4 is 0 Å². The van der Waals surface area contributed by atoms with Crippen LogP contribution in [0.4, 0.5) is 4.79 Å². The van der Waals surface area contributed by atoms with Crippen molar-refractivity contribution >= 4 is 6.09 Å². The lowest BCUT2D eigenvalue weighted by Gasteiger charge is -2.41. The van der Waals surface area contributed by atoms with E-state index in [1.165, 1.54) is 6.08 Å². The summed E-state index contributed by atoms with van der Waals surface area (Å²) in [6.45, 7) is 7.89. The lowest BCUT2D eigenvalue weighted by atomic mass is 9.98. The molecular weight excluding hydrogens is 192 g/mol. The Morgan fingerprint density at radius 2 is 2.27 bits per heavy atom. The number of hydrogen-bond donors (Lipinski definition) is 0. The van der Waals surface area contributed by atoms with E-state index in [4.69, 9.17) is 10.00 Å². The zero-order valence-corrected chi connectivity index (χ0v) is 9.57. The Labute approximate surface area is 90.1 Å². The third kappa shape index (κ3) is 2.72. The molecule has 1 saturated heterocycles.